The van der Waals surface area contributed by atoms with Gasteiger partial charge in [0.15, 0.2) is 6.10 Å². The fourth-order valence-electron chi connectivity index (χ4n) is 2.80. The summed E-state index contributed by atoms with van der Waals surface area (Å²) in [7, 11) is 1.60. The second kappa shape index (κ2) is 10.1. The maximum absolute atomic E-state index is 12.7. The molecule has 0 fully saturated rings. The van der Waals surface area contributed by atoms with Crippen molar-refractivity contribution in [1.82, 2.24) is 5.32 Å². The molecule has 0 aliphatic carbocycles. The molecule has 0 unspecified atom stereocenters. The van der Waals surface area contributed by atoms with E-state index in [2.05, 4.69) is 10.6 Å². The number of rotatable bonds is 8. The average molecular weight is 404 g/mol. The van der Waals surface area contributed by atoms with E-state index in [1.807, 2.05) is 60.7 Å². The highest BCUT2D eigenvalue weighted by molar-refractivity contribution is 5.98. The van der Waals surface area contributed by atoms with Crippen LogP contribution in [0.2, 0.25) is 0 Å². The Labute approximate surface area is 175 Å². The van der Waals surface area contributed by atoms with Crippen molar-refractivity contribution in [2.45, 2.75) is 19.6 Å². The van der Waals surface area contributed by atoms with Crippen LogP contribution in [0.4, 0.5) is 11.4 Å². The largest absolute Gasteiger partial charge is 0.497 e. The molecule has 0 spiro atoms. The number of carbonyl (C=O) groups excluding carboxylic acids is 2. The van der Waals surface area contributed by atoms with Gasteiger partial charge in [0, 0.05) is 12.2 Å². The van der Waals surface area contributed by atoms with E-state index < -0.39 is 12.1 Å². The van der Waals surface area contributed by atoms with Crippen LogP contribution in [0.5, 0.6) is 5.75 Å². The SMILES string of the molecule is COc1ccc(CNC(=O)[C@H](C)OC(=O)c2ccccc2Nc2ccccc2)cc1. The van der Waals surface area contributed by atoms with Crippen molar-refractivity contribution < 1.29 is 19.1 Å². The first-order valence-corrected chi connectivity index (χ1v) is 9.59. The Kier molecular flexibility index (Phi) is 7.05. The first kappa shape index (κ1) is 20.9. The Balaban J connectivity index is 1.59. The molecular formula is C24H24N2O4. The lowest BCUT2D eigenvalue weighted by molar-refractivity contribution is -0.129. The molecule has 1 atom stereocenters. The molecule has 0 saturated heterocycles. The molecule has 1 amide bonds. The van der Waals surface area contributed by atoms with Crippen LogP contribution in [0.1, 0.15) is 22.8 Å². The molecule has 0 bridgehead atoms. The summed E-state index contributed by atoms with van der Waals surface area (Å²) in [6, 6.07) is 23.9. The quantitative estimate of drug-likeness (QED) is 0.548. The summed E-state index contributed by atoms with van der Waals surface area (Å²) >= 11 is 0. The molecule has 6 nitrogen and oxygen atoms in total. The average Bonchev–Trinajstić information content (AvgIpc) is 2.78. The van der Waals surface area contributed by atoms with E-state index in [9.17, 15) is 9.59 Å². The molecule has 0 aliphatic rings. The Morgan fingerprint density at radius 3 is 2.27 bits per heavy atom. The number of esters is 1. The minimum Gasteiger partial charge on any atom is -0.497 e. The van der Waals surface area contributed by atoms with Crippen LogP contribution in [0, 0.1) is 0 Å². The third-order valence-corrected chi connectivity index (χ3v) is 4.48. The fourth-order valence-corrected chi connectivity index (χ4v) is 2.80. The maximum Gasteiger partial charge on any atom is 0.341 e. The Hall–Kier alpha value is -3.80. The number of nitrogens with one attached hydrogen (secondary N) is 2. The number of anilines is 2. The van der Waals surface area contributed by atoms with Gasteiger partial charge in [-0.2, -0.15) is 0 Å². The fraction of sp³-hybridized carbons (Fsp3) is 0.167. The summed E-state index contributed by atoms with van der Waals surface area (Å²) in [5.74, 6) is -0.191. The van der Waals surface area contributed by atoms with E-state index in [1.165, 1.54) is 0 Å². The molecule has 6 heteroatoms. The number of carbonyl (C=O) groups is 2. The van der Waals surface area contributed by atoms with E-state index in [1.54, 1.807) is 32.2 Å². The number of hydrogen-bond donors (Lipinski definition) is 2. The van der Waals surface area contributed by atoms with Gasteiger partial charge in [0.1, 0.15) is 5.75 Å². The van der Waals surface area contributed by atoms with Crippen LogP contribution in [0.25, 0.3) is 0 Å². The van der Waals surface area contributed by atoms with Gasteiger partial charge in [-0.05, 0) is 48.9 Å². The van der Waals surface area contributed by atoms with Crippen molar-refractivity contribution in [3.05, 3.63) is 90.0 Å². The molecule has 0 radical (unpaired) electrons. The van der Waals surface area contributed by atoms with Crippen LogP contribution < -0.4 is 15.4 Å². The molecule has 0 aromatic heterocycles. The van der Waals surface area contributed by atoms with Gasteiger partial charge in [-0.3, -0.25) is 4.79 Å². The summed E-state index contributed by atoms with van der Waals surface area (Å²) in [4.78, 5) is 25.0. The lowest BCUT2D eigenvalue weighted by Crippen LogP contribution is -2.35. The van der Waals surface area contributed by atoms with Crippen LogP contribution in [0.3, 0.4) is 0 Å². The highest BCUT2D eigenvalue weighted by Gasteiger charge is 2.20. The minimum absolute atomic E-state index is 0.330. The van der Waals surface area contributed by atoms with Gasteiger partial charge in [0.25, 0.3) is 5.91 Å². The summed E-state index contributed by atoms with van der Waals surface area (Å²) in [5.41, 5.74) is 2.74. The highest BCUT2D eigenvalue weighted by atomic mass is 16.5. The Morgan fingerprint density at radius 1 is 0.900 bits per heavy atom. The number of amides is 1. The van der Waals surface area contributed by atoms with Crippen LogP contribution in [-0.2, 0) is 16.1 Å². The van der Waals surface area contributed by atoms with Crippen molar-refractivity contribution in [2.24, 2.45) is 0 Å². The predicted molar refractivity (Wildman–Crippen MR) is 116 cm³/mol. The van der Waals surface area contributed by atoms with Gasteiger partial charge < -0.3 is 20.1 Å². The van der Waals surface area contributed by atoms with Crippen molar-refractivity contribution >= 4 is 23.3 Å². The van der Waals surface area contributed by atoms with Crippen LogP contribution in [-0.4, -0.2) is 25.1 Å². The third kappa shape index (κ3) is 5.61. The lowest BCUT2D eigenvalue weighted by Gasteiger charge is -2.16. The molecule has 3 rings (SSSR count). The molecule has 2 N–H and O–H groups in total. The Morgan fingerprint density at radius 2 is 1.57 bits per heavy atom. The molecule has 154 valence electrons. The zero-order chi connectivity index (χ0) is 21.3. The van der Waals surface area contributed by atoms with E-state index in [0.29, 0.717) is 17.8 Å². The summed E-state index contributed by atoms with van der Waals surface area (Å²) in [6.45, 7) is 1.88. The normalized spacial score (nSPS) is 11.3. The zero-order valence-corrected chi connectivity index (χ0v) is 16.9. The van der Waals surface area contributed by atoms with Crippen molar-refractivity contribution in [1.29, 1.82) is 0 Å². The van der Waals surface area contributed by atoms with E-state index in [-0.39, 0.29) is 5.91 Å². The van der Waals surface area contributed by atoms with Crippen LogP contribution >= 0.6 is 0 Å². The third-order valence-electron chi connectivity index (χ3n) is 4.48. The molecule has 0 aliphatic heterocycles. The topological polar surface area (TPSA) is 76.7 Å². The van der Waals surface area contributed by atoms with Gasteiger partial charge in [-0.25, -0.2) is 4.79 Å². The maximum atomic E-state index is 12.7. The number of para-hydroxylation sites is 2. The lowest BCUT2D eigenvalue weighted by atomic mass is 10.1. The number of ether oxygens (including phenoxy) is 2. The molecule has 3 aromatic carbocycles. The zero-order valence-electron chi connectivity index (χ0n) is 16.9. The van der Waals surface area contributed by atoms with Gasteiger partial charge in [0.2, 0.25) is 0 Å². The molecule has 30 heavy (non-hydrogen) atoms. The number of hydrogen-bond acceptors (Lipinski definition) is 5. The van der Waals surface area contributed by atoms with E-state index >= 15 is 0 Å². The van der Waals surface area contributed by atoms with Gasteiger partial charge in [-0.15, -0.1) is 0 Å². The Bertz CT molecular complexity index is 988. The molecule has 0 heterocycles. The monoisotopic (exact) mass is 404 g/mol. The van der Waals surface area contributed by atoms with Gasteiger partial charge in [0.05, 0.1) is 18.4 Å². The smallest absolute Gasteiger partial charge is 0.341 e. The first-order chi connectivity index (χ1) is 14.6. The van der Waals surface area contributed by atoms with E-state index in [0.717, 1.165) is 17.0 Å². The summed E-state index contributed by atoms with van der Waals surface area (Å²) in [6.07, 6.45) is -0.930. The second-order valence-electron chi connectivity index (χ2n) is 6.65. The highest BCUT2D eigenvalue weighted by Crippen LogP contribution is 2.22. The summed E-state index contributed by atoms with van der Waals surface area (Å²) < 4.78 is 10.5. The standard InChI is InChI=1S/C24H24N2O4/c1-17(23(27)25-16-18-12-14-20(29-2)15-13-18)30-24(28)21-10-6-7-11-22(21)26-19-8-4-3-5-9-19/h3-15,17,26H,16H2,1-2H3,(H,25,27)/t17-/m0/s1. The number of methoxy groups -OCH3 is 1. The van der Waals surface area contributed by atoms with Gasteiger partial charge in [-0.1, -0.05) is 42.5 Å². The van der Waals surface area contributed by atoms with Gasteiger partial charge >= 0.3 is 5.97 Å². The minimum atomic E-state index is -0.930. The van der Waals surface area contributed by atoms with Crippen molar-refractivity contribution in [3.8, 4) is 5.75 Å². The van der Waals surface area contributed by atoms with Crippen molar-refractivity contribution in [2.75, 3.05) is 12.4 Å². The van der Waals surface area contributed by atoms with Crippen molar-refractivity contribution in [3.63, 3.8) is 0 Å². The van der Waals surface area contributed by atoms with Crippen LogP contribution in [0.15, 0.2) is 78.9 Å². The molecule has 0 saturated carbocycles. The first-order valence-electron chi connectivity index (χ1n) is 9.59. The molecule has 3 aromatic rings. The predicted octanol–water partition coefficient (Wildman–Crippen LogP) is 4.30. The second-order valence-corrected chi connectivity index (χ2v) is 6.65. The molecular weight excluding hydrogens is 380 g/mol. The van der Waals surface area contributed by atoms with E-state index in [4.69, 9.17) is 9.47 Å². The summed E-state index contributed by atoms with van der Waals surface area (Å²) in [5, 5.41) is 5.98. The number of benzene rings is 3.